The average Bonchev–Trinajstić information content (AvgIpc) is 2.64. The van der Waals surface area contributed by atoms with Crippen LogP contribution in [0.25, 0.3) is 16.5 Å². The minimum Gasteiger partial charge on any atom is -0.462 e. The zero-order valence-corrected chi connectivity index (χ0v) is 10.8. The van der Waals surface area contributed by atoms with E-state index in [1.54, 1.807) is 13.0 Å². The van der Waals surface area contributed by atoms with Gasteiger partial charge in [-0.15, -0.1) is 11.3 Å². The molecule has 0 fully saturated rings. The smallest absolute Gasteiger partial charge is 0.340 e. The second-order valence-corrected chi connectivity index (χ2v) is 5.08. The summed E-state index contributed by atoms with van der Waals surface area (Å²) in [5.74, 6) is -0.621. The van der Waals surface area contributed by atoms with Gasteiger partial charge in [-0.2, -0.15) is 0 Å². The molecule has 0 saturated carbocycles. The second-order valence-electron chi connectivity index (χ2n) is 2.58. The molecule has 0 N–H and O–H groups in total. The molecule has 0 aliphatic rings. The number of thiophene rings is 1. The third kappa shape index (κ3) is 3.69. The fraction of sp³-hybridized carbons (Fsp3) is 0.222. The Morgan fingerprint density at radius 2 is 2.50 bits per heavy atom. The molecule has 16 heavy (non-hydrogen) atoms. The maximum atomic E-state index is 11.4. The van der Waals surface area contributed by atoms with Crippen molar-refractivity contribution >= 4 is 39.3 Å². The molecular formula is C9H8BrN3O2S. The summed E-state index contributed by atoms with van der Waals surface area (Å²) in [5, 5.41) is 3.31. The normalized spacial score (nSPS) is 10.8. The molecule has 0 saturated heterocycles. The predicted octanol–water partition coefficient (Wildman–Crippen LogP) is 3.72. The van der Waals surface area contributed by atoms with Gasteiger partial charge in [0.2, 0.25) is 0 Å². The van der Waals surface area contributed by atoms with Gasteiger partial charge in [0, 0.05) is 9.79 Å². The highest BCUT2D eigenvalue weighted by molar-refractivity contribution is 9.11. The van der Waals surface area contributed by atoms with Crippen molar-refractivity contribution < 1.29 is 9.53 Å². The summed E-state index contributed by atoms with van der Waals surface area (Å²) >= 11 is 4.73. The first-order valence-corrected chi connectivity index (χ1v) is 5.97. The summed E-state index contributed by atoms with van der Waals surface area (Å²) in [6.07, 6.45) is 1.49. The van der Waals surface area contributed by atoms with E-state index in [1.807, 2.05) is 6.07 Å². The molecule has 84 valence electrons. The van der Waals surface area contributed by atoms with Gasteiger partial charge in [-0.1, -0.05) is 5.11 Å². The molecule has 1 aromatic heterocycles. The Balaban J connectivity index is 2.97. The summed E-state index contributed by atoms with van der Waals surface area (Å²) in [5.41, 5.74) is 8.30. The van der Waals surface area contributed by atoms with Crippen LogP contribution in [-0.2, 0) is 9.53 Å². The fourth-order valence-electron chi connectivity index (χ4n) is 0.922. The monoisotopic (exact) mass is 301 g/mol. The molecule has 0 aliphatic carbocycles. The number of carbonyl (C=O) groups excluding carboxylic acids is 1. The quantitative estimate of drug-likeness (QED) is 0.279. The lowest BCUT2D eigenvalue weighted by Crippen LogP contribution is -2.05. The molecule has 0 atom stereocenters. The van der Waals surface area contributed by atoms with Gasteiger partial charge in [0.25, 0.3) is 0 Å². The van der Waals surface area contributed by atoms with E-state index >= 15 is 0 Å². The number of esters is 1. The zero-order valence-electron chi connectivity index (χ0n) is 8.38. The van der Waals surface area contributed by atoms with Crippen molar-refractivity contribution in [2.45, 2.75) is 6.92 Å². The van der Waals surface area contributed by atoms with Crippen LogP contribution in [0.5, 0.6) is 0 Å². The van der Waals surface area contributed by atoms with Crippen LogP contribution in [-0.4, -0.2) is 12.6 Å². The molecule has 0 spiro atoms. The number of nitrogens with zero attached hydrogens (tertiary/aromatic N) is 3. The Bertz CT molecular complexity index is 463. The summed E-state index contributed by atoms with van der Waals surface area (Å²) in [4.78, 5) is 14.8. The summed E-state index contributed by atoms with van der Waals surface area (Å²) in [6, 6.07) is 3.65. The van der Waals surface area contributed by atoms with E-state index in [1.165, 1.54) is 17.4 Å². The van der Waals surface area contributed by atoms with Crippen molar-refractivity contribution in [1.82, 2.24) is 0 Å². The SMILES string of the molecule is CCOC(=O)/C(=C\c1ccc(Br)s1)N=[N+]=[N-]. The predicted molar refractivity (Wildman–Crippen MR) is 65.8 cm³/mol. The van der Waals surface area contributed by atoms with Crippen LogP contribution in [0.4, 0.5) is 0 Å². The second kappa shape index (κ2) is 6.32. The first kappa shape index (κ1) is 12.8. The Morgan fingerprint density at radius 3 is 3.00 bits per heavy atom. The Kier molecular flexibility index (Phi) is 5.04. The van der Waals surface area contributed by atoms with Crippen LogP contribution in [0, 0.1) is 0 Å². The molecule has 0 unspecified atom stereocenters. The topological polar surface area (TPSA) is 75.1 Å². The summed E-state index contributed by atoms with van der Waals surface area (Å²) < 4.78 is 5.69. The lowest BCUT2D eigenvalue weighted by molar-refractivity contribution is -0.138. The third-order valence-corrected chi connectivity index (χ3v) is 3.08. The lowest BCUT2D eigenvalue weighted by atomic mass is 10.3. The van der Waals surface area contributed by atoms with Gasteiger partial charge < -0.3 is 4.74 Å². The van der Waals surface area contributed by atoms with E-state index in [9.17, 15) is 4.79 Å². The van der Waals surface area contributed by atoms with Crippen molar-refractivity contribution in [3.05, 3.63) is 36.9 Å². The molecule has 1 rings (SSSR count). The number of azide groups is 1. The number of hydrogen-bond acceptors (Lipinski definition) is 4. The van der Waals surface area contributed by atoms with E-state index in [0.717, 1.165) is 8.66 Å². The number of hydrogen-bond donors (Lipinski definition) is 0. The molecule has 0 amide bonds. The van der Waals surface area contributed by atoms with Crippen LogP contribution in [0.3, 0.4) is 0 Å². The van der Waals surface area contributed by atoms with Gasteiger partial charge >= 0.3 is 5.97 Å². The van der Waals surface area contributed by atoms with Crippen LogP contribution in [0.1, 0.15) is 11.8 Å². The van der Waals surface area contributed by atoms with E-state index in [-0.39, 0.29) is 12.3 Å². The molecule has 0 aromatic carbocycles. The van der Waals surface area contributed by atoms with Gasteiger partial charge in [-0.05, 0) is 46.6 Å². The maximum Gasteiger partial charge on any atom is 0.340 e. The highest BCUT2D eigenvalue weighted by Gasteiger charge is 2.09. The third-order valence-electron chi connectivity index (χ3n) is 1.51. The molecule has 1 heterocycles. The van der Waals surface area contributed by atoms with Crippen LogP contribution >= 0.6 is 27.3 Å². The number of halogens is 1. The van der Waals surface area contributed by atoms with Crippen LogP contribution in [0.2, 0.25) is 0 Å². The van der Waals surface area contributed by atoms with Gasteiger partial charge in [-0.3, -0.25) is 0 Å². The fourth-order valence-corrected chi connectivity index (χ4v) is 2.28. The Morgan fingerprint density at radius 1 is 1.75 bits per heavy atom. The minimum absolute atomic E-state index is 0.0429. The summed E-state index contributed by atoms with van der Waals surface area (Å²) in [7, 11) is 0. The van der Waals surface area contributed by atoms with Crippen molar-refractivity contribution in [3.63, 3.8) is 0 Å². The van der Waals surface area contributed by atoms with E-state index < -0.39 is 5.97 Å². The number of ether oxygens (including phenoxy) is 1. The summed E-state index contributed by atoms with van der Waals surface area (Å²) in [6.45, 7) is 1.93. The van der Waals surface area contributed by atoms with Crippen LogP contribution in [0.15, 0.2) is 26.7 Å². The average molecular weight is 302 g/mol. The Labute approximate surface area is 104 Å². The van der Waals surface area contributed by atoms with Gasteiger partial charge in [-0.25, -0.2) is 4.79 Å². The number of carbonyl (C=O) groups is 1. The first-order valence-electron chi connectivity index (χ1n) is 4.36. The standard InChI is InChI=1S/C9H8BrN3O2S/c1-2-15-9(14)7(12-13-11)5-6-3-4-8(10)16-6/h3-5H,2H2,1H3/b7-5+. The van der Waals surface area contributed by atoms with E-state index in [2.05, 4.69) is 26.0 Å². The van der Waals surface area contributed by atoms with Gasteiger partial charge in [0.15, 0.2) is 0 Å². The molecule has 0 radical (unpaired) electrons. The van der Waals surface area contributed by atoms with Gasteiger partial charge in [0.05, 0.1) is 10.4 Å². The molecule has 0 bridgehead atoms. The Hall–Kier alpha value is -1.30. The van der Waals surface area contributed by atoms with Crippen molar-refractivity contribution in [1.29, 1.82) is 0 Å². The molecule has 7 heteroatoms. The largest absolute Gasteiger partial charge is 0.462 e. The van der Waals surface area contributed by atoms with Crippen LogP contribution < -0.4 is 0 Å². The molecular weight excluding hydrogens is 294 g/mol. The van der Waals surface area contributed by atoms with E-state index in [4.69, 9.17) is 10.3 Å². The highest BCUT2D eigenvalue weighted by Crippen LogP contribution is 2.24. The molecule has 1 aromatic rings. The number of rotatable bonds is 4. The van der Waals surface area contributed by atoms with Crippen molar-refractivity contribution in [2.24, 2.45) is 5.11 Å². The minimum atomic E-state index is -0.621. The zero-order chi connectivity index (χ0) is 12.0. The maximum absolute atomic E-state index is 11.4. The lowest BCUT2D eigenvalue weighted by Gasteiger charge is -1.99. The molecule has 5 nitrogen and oxygen atoms in total. The van der Waals surface area contributed by atoms with Gasteiger partial charge in [0.1, 0.15) is 5.70 Å². The first-order chi connectivity index (χ1) is 7.67. The molecule has 0 aliphatic heterocycles. The van der Waals surface area contributed by atoms with Crippen molar-refractivity contribution in [3.8, 4) is 0 Å². The highest BCUT2D eigenvalue weighted by atomic mass is 79.9. The van der Waals surface area contributed by atoms with Crippen molar-refractivity contribution in [2.75, 3.05) is 6.61 Å². The van der Waals surface area contributed by atoms with E-state index in [0.29, 0.717) is 0 Å².